The Kier molecular flexibility index (Phi) is 1.48. The van der Waals surface area contributed by atoms with Gasteiger partial charge in [-0.15, -0.1) is 15.9 Å². The van der Waals surface area contributed by atoms with Gasteiger partial charge in [0.1, 0.15) is 0 Å². The molecule has 2 rings (SSSR count). The van der Waals surface area contributed by atoms with Crippen molar-refractivity contribution in [2.45, 2.75) is 0 Å². The molecule has 5 nitrogen and oxygen atoms in total. The van der Waals surface area contributed by atoms with E-state index in [2.05, 4.69) is 20.6 Å². The number of H-pyrrole nitrogens is 1. The van der Waals surface area contributed by atoms with Gasteiger partial charge < -0.3 is 5.11 Å². The molecule has 0 atom stereocenters. The quantitative estimate of drug-likeness (QED) is 0.635. The largest absolute Gasteiger partial charge is 0.872 e. The highest BCUT2D eigenvalue weighted by Gasteiger charge is 1.99. The Hall–Kier alpha value is -1.91. The van der Waals surface area contributed by atoms with Crippen LogP contribution in [0.15, 0.2) is 24.3 Å². The highest BCUT2D eigenvalue weighted by atomic mass is 16.3. The minimum atomic E-state index is -0.0257. The summed E-state index contributed by atoms with van der Waals surface area (Å²) < 4.78 is 0. The number of nitrogens with zero attached hydrogens (tertiary/aromatic N) is 3. The fraction of sp³-hybridized carbons (Fsp3) is 0. The van der Waals surface area contributed by atoms with E-state index in [1.807, 2.05) is 0 Å². The third kappa shape index (κ3) is 1.12. The average Bonchev–Trinajstić information content (AvgIpc) is 2.58. The third-order valence-corrected chi connectivity index (χ3v) is 1.46. The first-order chi connectivity index (χ1) is 5.86. The van der Waals surface area contributed by atoms with E-state index >= 15 is 0 Å². The Morgan fingerprint density at radius 3 is 2.50 bits per heavy atom. The summed E-state index contributed by atoms with van der Waals surface area (Å²) in [5.74, 6) is 0.470. The summed E-state index contributed by atoms with van der Waals surface area (Å²) in [6.07, 6.45) is 0. The second kappa shape index (κ2) is 2.61. The number of aromatic nitrogens is 4. The molecule has 1 aromatic heterocycles. The van der Waals surface area contributed by atoms with Gasteiger partial charge in [0.2, 0.25) is 5.82 Å². The molecule has 0 radical (unpaired) electrons. The van der Waals surface area contributed by atoms with Crippen molar-refractivity contribution in [2.75, 3.05) is 0 Å². The maximum Gasteiger partial charge on any atom is 0.204 e. The molecule has 2 aromatic rings. The van der Waals surface area contributed by atoms with Crippen LogP contribution in [0.25, 0.3) is 11.4 Å². The van der Waals surface area contributed by atoms with E-state index in [-0.39, 0.29) is 5.75 Å². The van der Waals surface area contributed by atoms with Crippen LogP contribution in [0.5, 0.6) is 5.75 Å². The molecule has 0 spiro atoms. The van der Waals surface area contributed by atoms with E-state index in [1.165, 1.54) is 12.1 Å². The van der Waals surface area contributed by atoms with E-state index in [4.69, 9.17) is 0 Å². The highest BCUT2D eigenvalue weighted by Crippen LogP contribution is 2.14. The minimum absolute atomic E-state index is 0.0257. The van der Waals surface area contributed by atoms with Crippen LogP contribution in [-0.2, 0) is 0 Å². The number of nitrogens with one attached hydrogen (secondary N) is 1. The monoisotopic (exact) mass is 161 g/mol. The van der Waals surface area contributed by atoms with Gasteiger partial charge >= 0.3 is 0 Å². The first kappa shape index (κ1) is 6.78. The van der Waals surface area contributed by atoms with Crippen molar-refractivity contribution in [3.63, 3.8) is 0 Å². The van der Waals surface area contributed by atoms with Gasteiger partial charge in [0, 0.05) is 5.56 Å². The topological polar surface area (TPSA) is 77.5 Å². The van der Waals surface area contributed by atoms with Gasteiger partial charge in [-0.05, 0) is 5.21 Å². The van der Waals surface area contributed by atoms with Crippen LogP contribution < -0.4 is 5.11 Å². The predicted molar refractivity (Wildman–Crippen MR) is 39.1 cm³/mol. The van der Waals surface area contributed by atoms with Crippen LogP contribution in [0, 0.1) is 0 Å². The van der Waals surface area contributed by atoms with Crippen LogP contribution in [0.1, 0.15) is 0 Å². The second-order valence-electron chi connectivity index (χ2n) is 2.26. The van der Waals surface area contributed by atoms with Gasteiger partial charge in [0.25, 0.3) is 0 Å². The van der Waals surface area contributed by atoms with Crippen molar-refractivity contribution in [3.8, 4) is 17.1 Å². The SMILES string of the molecule is [O-]c1ccc(-c2nn[nH]n2)cc1. The molecule has 5 heteroatoms. The van der Waals surface area contributed by atoms with E-state index < -0.39 is 0 Å². The predicted octanol–water partition coefficient (Wildman–Crippen LogP) is -0.0597. The zero-order valence-corrected chi connectivity index (χ0v) is 6.06. The zero-order chi connectivity index (χ0) is 8.39. The van der Waals surface area contributed by atoms with Crippen molar-refractivity contribution >= 4 is 0 Å². The van der Waals surface area contributed by atoms with Crippen molar-refractivity contribution in [3.05, 3.63) is 24.3 Å². The van der Waals surface area contributed by atoms with E-state index in [0.717, 1.165) is 5.56 Å². The van der Waals surface area contributed by atoms with E-state index in [1.54, 1.807) is 12.1 Å². The zero-order valence-electron chi connectivity index (χ0n) is 6.06. The van der Waals surface area contributed by atoms with Gasteiger partial charge in [-0.2, -0.15) is 5.21 Å². The Morgan fingerprint density at radius 2 is 1.92 bits per heavy atom. The van der Waals surface area contributed by atoms with Crippen molar-refractivity contribution in [2.24, 2.45) is 0 Å². The van der Waals surface area contributed by atoms with Crippen LogP contribution in [0.2, 0.25) is 0 Å². The van der Waals surface area contributed by atoms with Crippen molar-refractivity contribution in [1.29, 1.82) is 0 Å². The molecule has 0 aliphatic heterocycles. The van der Waals surface area contributed by atoms with E-state index in [0.29, 0.717) is 5.82 Å². The van der Waals surface area contributed by atoms with Gasteiger partial charge in [0.15, 0.2) is 0 Å². The summed E-state index contributed by atoms with van der Waals surface area (Å²) in [6, 6.07) is 6.25. The summed E-state index contributed by atoms with van der Waals surface area (Å²) in [6.45, 7) is 0. The molecule has 1 heterocycles. The molecule has 0 aliphatic rings. The minimum Gasteiger partial charge on any atom is -0.872 e. The third-order valence-electron chi connectivity index (χ3n) is 1.46. The molecule has 1 N–H and O–H groups in total. The number of hydrogen-bond acceptors (Lipinski definition) is 4. The Balaban J connectivity index is 2.43. The molecular formula is C7H5N4O-. The van der Waals surface area contributed by atoms with Crippen LogP contribution in [0.3, 0.4) is 0 Å². The van der Waals surface area contributed by atoms with Crippen LogP contribution in [0.4, 0.5) is 0 Å². The number of aromatic amines is 1. The van der Waals surface area contributed by atoms with Gasteiger partial charge in [-0.1, -0.05) is 24.3 Å². The van der Waals surface area contributed by atoms with Gasteiger partial charge in [0.05, 0.1) is 0 Å². The van der Waals surface area contributed by atoms with E-state index in [9.17, 15) is 5.11 Å². The fourth-order valence-corrected chi connectivity index (χ4v) is 0.888. The maximum atomic E-state index is 10.7. The summed E-state index contributed by atoms with van der Waals surface area (Å²) in [5.41, 5.74) is 0.781. The lowest BCUT2D eigenvalue weighted by Crippen LogP contribution is -1.88. The molecule has 0 amide bonds. The molecule has 0 aliphatic carbocycles. The first-order valence-electron chi connectivity index (χ1n) is 3.37. The maximum absolute atomic E-state index is 10.7. The summed E-state index contributed by atoms with van der Waals surface area (Å²) in [4.78, 5) is 0. The number of hydrogen-bond donors (Lipinski definition) is 1. The first-order valence-corrected chi connectivity index (χ1v) is 3.37. The number of tetrazole rings is 1. The smallest absolute Gasteiger partial charge is 0.204 e. The van der Waals surface area contributed by atoms with Crippen LogP contribution >= 0.6 is 0 Å². The number of rotatable bonds is 1. The molecule has 0 saturated heterocycles. The normalized spacial score (nSPS) is 10.0. The fourth-order valence-electron chi connectivity index (χ4n) is 0.888. The summed E-state index contributed by atoms with van der Waals surface area (Å²) in [7, 11) is 0. The molecule has 1 aromatic carbocycles. The standard InChI is InChI=1S/C7H6N4O/c12-6-3-1-5(2-4-6)7-8-10-11-9-7/h1-4,12H,(H,8,9,10,11)/p-1. The molecule has 60 valence electrons. The van der Waals surface area contributed by atoms with Gasteiger partial charge in [-0.3, -0.25) is 0 Å². The molecule has 0 unspecified atom stereocenters. The summed E-state index contributed by atoms with van der Waals surface area (Å²) >= 11 is 0. The van der Waals surface area contributed by atoms with Gasteiger partial charge in [-0.25, -0.2) is 0 Å². The van der Waals surface area contributed by atoms with Crippen LogP contribution in [-0.4, -0.2) is 20.6 Å². The average molecular weight is 161 g/mol. The van der Waals surface area contributed by atoms with Crippen molar-refractivity contribution in [1.82, 2.24) is 20.6 Å². The molecule has 0 bridgehead atoms. The molecular weight excluding hydrogens is 156 g/mol. The lowest BCUT2D eigenvalue weighted by atomic mass is 10.2. The Bertz CT molecular complexity index is 353. The Morgan fingerprint density at radius 1 is 1.17 bits per heavy atom. The molecule has 12 heavy (non-hydrogen) atoms. The molecule has 0 saturated carbocycles. The Labute approximate surface area is 68.1 Å². The highest BCUT2D eigenvalue weighted by molar-refractivity contribution is 5.54. The second-order valence-corrected chi connectivity index (χ2v) is 2.26. The number of benzene rings is 1. The lowest BCUT2D eigenvalue weighted by Gasteiger charge is -2.02. The van der Waals surface area contributed by atoms with Crippen molar-refractivity contribution < 1.29 is 5.11 Å². The summed E-state index contributed by atoms with van der Waals surface area (Å²) in [5, 5.41) is 24.0. The lowest BCUT2D eigenvalue weighted by molar-refractivity contribution is -0.268. The molecule has 0 fully saturated rings.